The standard InChI is InChI=1S/C13H17N3O4/c1-9-8-12(9)15-13(17)14-6-7-20-11-4-2-10(3-5-11)16(18)19/h2-5,9,12H,6-8H2,1H3,(H2,14,15,17). The van der Waals surface area contributed by atoms with E-state index in [0.717, 1.165) is 6.42 Å². The van der Waals surface area contributed by atoms with Gasteiger partial charge in [0.25, 0.3) is 5.69 Å². The third kappa shape index (κ3) is 4.11. The van der Waals surface area contributed by atoms with Crippen molar-refractivity contribution in [2.45, 2.75) is 19.4 Å². The summed E-state index contributed by atoms with van der Waals surface area (Å²) in [4.78, 5) is 21.4. The zero-order valence-corrected chi connectivity index (χ0v) is 11.2. The molecule has 1 saturated carbocycles. The van der Waals surface area contributed by atoms with Gasteiger partial charge >= 0.3 is 6.03 Å². The lowest BCUT2D eigenvalue weighted by Gasteiger charge is -2.08. The number of hydrogen-bond donors (Lipinski definition) is 2. The molecule has 2 unspecified atom stereocenters. The van der Waals surface area contributed by atoms with Gasteiger partial charge in [0.2, 0.25) is 0 Å². The molecule has 0 spiro atoms. The molecule has 108 valence electrons. The molecule has 0 aliphatic heterocycles. The fraction of sp³-hybridized carbons (Fsp3) is 0.462. The number of nitrogens with one attached hydrogen (secondary N) is 2. The summed E-state index contributed by atoms with van der Waals surface area (Å²) < 4.78 is 5.37. The van der Waals surface area contributed by atoms with Gasteiger partial charge < -0.3 is 15.4 Å². The Labute approximate surface area is 116 Å². The van der Waals surface area contributed by atoms with Crippen LogP contribution < -0.4 is 15.4 Å². The molecule has 1 aromatic rings. The fourth-order valence-electron chi connectivity index (χ4n) is 1.74. The van der Waals surface area contributed by atoms with Crippen LogP contribution in [0.25, 0.3) is 0 Å². The number of rotatable bonds is 6. The third-order valence-electron chi connectivity index (χ3n) is 3.13. The van der Waals surface area contributed by atoms with Crippen molar-refractivity contribution in [3.05, 3.63) is 34.4 Å². The second kappa shape index (κ2) is 6.23. The summed E-state index contributed by atoms with van der Waals surface area (Å²) >= 11 is 0. The Morgan fingerprint density at radius 1 is 1.45 bits per heavy atom. The van der Waals surface area contributed by atoms with E-state index >= 15 is 0 Å². The summed E-state index contributed by atoms with van der Waals surface area (Å²) in [6.07, 6.45) is 1.03. The summed E-state index contributed by atoms with van der Waals surface area (Å²) in [6.45, 7) is 2.78. The molecule has 20 heavy (non-hydrogen) atoms. The molecule has 0 saturated heterocycles. The van der Waals surface area contributed by atoms with Crippen LogP contribution in [0.15, 0.2) is 24.3 Å². The molecule has 1 aliphatic carbocycles. The summed E-state index contributed by atoms with van der Waals surface area (Å²) in [5.74, 6) is 1.10. The van der Waals surface area contributed by atoms with Crippen molar-refractivity contribution in [1.82, 2.24) is 10.6 Å². The molecule has 2 amide bonds. The number of benzene rings is 1. The molecule has 2 N–H and O–H groups in total. The van der Waals surface area contributed by atoms with E-state index in [4.69, 9.17) is 4.74 Å². The number of nitrogens with zero attached hydrogens (tertiary/aromatic N) is 1. The Morgan fingerprint density at radius 3 is 2.65 bits per heavy atom. The number of carbonyl (C=O) groups excluding carboxylic acids is 1. The van der Waals surface area contributed by atoms with Gasteiger partial charge in [0.1, 0.15) is 12.4 Å². The normalized spacial score (nSPS) is 20.1. The predicted molar refractivity (Wildman–Crippen MR) is 72.7 cm³/mol. The van der Waals surface area contributed by atoms with Crippen LogP contribution in [0, 0.1) is 16.0 Å². The van der Waals surface area contributed by atoms with E-state index in [-0.39, 0.29) is 11.7 Å². The van der Waals surface area contributed by atoms with Crippen molar-refractivity contribution in [3.8, 4) is 5.75 Å². The van der Waals surface area contributed by atoms with Gasteiger partial charge in [0, 0.05) is 18.2 Å². The van der Waals surface area contributed by atoms with Gasteiger partial charge in [-0.1, -0.05) is 6.92 Å². The van der Waals surface area contributed by atoms with Crippen LogP contribution in [0.3, 0.4) is 0 Å². The molecule has 7 nitrogen and oxygen atoms in total. The molecule has 2 atom stereocenters. The Bertz CT molecular complexity index is 489. The van der Waals surface area contributed by atoms with Gasteiger partial charge in [-0.3, -0.25) is 10.1 Å². The SMILES string of the molecule is CC1CC1NC(=O)NCCOc1ccc([N+](=O)[O-])cc1. The van der Waals surface area contributed by atoms with Gasteiger partial charge in [0.05, 0.1) is 11.5 Å². The highest BCUT2D eigenvalue weighted by Crippen LogP contribution is 2.28. The average Bonchev–Trinajstić information content (AvgIpc) is 3.10. The number of nitro groups is 1. The van der Waals surface area contributed by atoms with Gasteiger partial charge in [-0.05, 0) is 24.5 Å². The van der Waals surface area contributed by atoms with Crippen molar-refractivity contribution < 1.29 is 14.5 Å². The number of ether oxygens (including phenoxy) is 1. The maximum absolute atomic E-state index is 11.4. The van der Waals surface area contributed by atoms with Crippen molar-refractivity contribution in [3.63, 3.8) is 0 Å². The van der Waals surface area contributed by atoms with Crippen molar-refractivity contribution >= 4 is 11.7 Å². The Balaban J connectivity index is 1.62. The minimum absolute atomic E-state index is 0.0217. The Hall–Kier alpha value is -2.31. The minimum atomic E-state index is -0.464. The Kier molecular flexibility index (Phi) is 4.39. The number of amides is 2. The zero-order valence-electron chi connectivity index (χ0n) is 11.2. The van der Waals surface area contributed by atoms with Crippen LogP contribution in [0.5, 0.6) is 5.75 Å². The summed E-state index contributed by atoms with van der Waals surface area (Å²) in [6, 6.07) is 5.93. The quantitative estimate of drug-likeness (QED) is 0.470. The minimum Gasteiger partial charge on any atom is -0.492 e. The maximum Gasteiger partial charge on any atom is 0.315 e. The summed E-state index contributed by atoms with van der Waals surface area (Å²) in [5.41, 5.74) is 0.0217. The number of urea groups is 1. The first-order valence-corrected chi connectivity index (χ1v) is 6.48. The molecule has 1 fully saturated rings. The lowest BCUT2D eigenvalue weighted by molar-refractivity contribution is -0.384. The molecular weight excluding hydrogens is 262 g/mol. The average molecular weight is 279 g/mol. The highest BCUT2D eigenvalue weighted by Gasteiger charge is 2.33. The van der Waals surface area contributed by atoms with Crippen LogP contribution in [0.1, 0.15) is 13.3 Å². The molecule has 0 radical (unpaired) electrons. The topological polar surface area (TPSA) is 93.5 Å². The molecule has 1 aromatic carbocycles. The third-order valence-corrected chi connectivity index (χ3v) is 3.13. The lowest BCUT2D eigenvalue weighted by Crippen LogP contribution is -2.39. The summed E-state index contributed by atoms with van der Waals surface area (Å²) in [7, 11) is 0. The van der Waals surface area contributed by atoms with Crippen LogP contribution in [-0.2, 0) is 0 Å². The Morgan fingerprint density at radius 2 is 2.10 bits per heavy atom. The van der Waals surface area contributed by atoms with Crippen LogP contribution >= 0.6 is 0 Å². The van der Waals surface area contributed by atoms with Gasteiger partial charge in [-0.25, -0.2) is 4.79 Å². The van der Waals surface area contributed by atoms with Crippen molar-refractivity contribution in [1.29, 1.82) is 0 Å². The van der Waals surface area contributed by atoms with E-state index in [1.165, 1.54) is 24.3 Å². The molecule has 7 heteroatoms. The van der Waals surface area contributed by atoms with E-state index in [1.807, 2.05) is 0 Å². The van der Waals surface area contributed by atoms with Crippen LogP contribution in [-0.4, -0.2) is 30.1 Å². The van der Waals surface area contributed by atoms with Gasteiger partial charge in [0.15, 0.2) is 0 Å². The zero-order chi connectivity index (χ0) is 14.5. The number of hydrogen-bond acceptors (Lipinski definition) is 4. The first-order valence-electron chi connectivity index (χ1n) is 6.48. The highest BCUT2D eigenvalue weighted by atomic mass is 16.6. The van der Waals surface area contributed by atoms with Gasteiger partial charge in [-0.2, -0.15) is 0 Å². The molecule has 0 bridgehead atoms. The monoisotopic (exact) mass is 279 g/mol. The van der Waals surface area contributed by atoms with Crippen LogP contribution in [0.4, 0.5) is 10.5 Å². The van der Waals surface area contributed by atoms with E-state index in [2.05, 4.69) is 17.6 Å². The highest BCUT2D eigenvalue weighted by molar-refractivity contribution is 5.74. The van der Waals surface area contributed by atoms with Crippen LogP contribution in [0.2, 0.25) is 0 Å². The van der Waals surface area contributed by atoms with Crippen molar-refractivity contribution in [2.24, 2.45) is 5.92 Å². The smallest absolute Gasteiger partial charge is 0.315 e. The van der Waals surface area contributed by atoms with E-state index in [9.17, 15) is 14.9 Å². The molecular formula is C13H17N3O4. The maximum atomic E-state index is 11.4. The largest absolute Gasteiger partial charge is 0.492 e. The number of nitro benzene ring substituents is 1. The number of non-ortho nitro benzene ring substituents is 1. The second-order valence-corrected chi connectivity index (χ2v) is 4.82. The first-order chi connectivity index (χ1) is 9.56. The van der Waals surface area contributed by atoms with Gasteiger partial charge in [-0.15, -0.1) is 0 Å². The molecule has 1 aliphatic rings. The number of carbonyl (C=O) groups is 1. The molecule has 0 heterocycles. The first kappa shape index (κ1) is 14.1. The van der Waals surface area contributed by atoms with E-state index in [0.29, 0.717) is 30.9 Å². The second-order valence-electron chi connectivity index (χ2n) is 4.82. The summed E-state index contributed by atoms with van der Waals surface area (Å²) in [5, 5.41) is 16.0. The lowest BCUT2D eigenvalue weighted by atomic mass is 10.3. The van der Waals surface area contributed by atoms with Crippen molar-refractivity contribution in [2.75, 3.05) is 13.2 Å². The van der Waals surface area contributed by atoms with E-state index in [1.54, 1.807) is 0 Å². The molecule has 2 rings (SSSR count). The molecule has 0 aromatic heterocycles. The predicted octanol–water partition coefficient (Wildman–Crippen LogP) is 1.68. The fourth-order valence-corrected chi connectivity index (χ4v) is 1.74. The van der Waals surface area contributed by atoms with E-state index < -0.39 is 4.92 Å².